The smallest absolute Gasteiger partial charge is 0.334 e. The van der Waals surface area contributed by atoms with Crippen molar-refractivity contribution in [2.24, 2.45) is 0 Å². The van der Waals surface area contributed by atoms with E-state index in [0.717, 1.165) is 0 Å². The molecule has 2 rings (SSSR count). The topological polar surface area (TPSA) is 111 Å². The van der Waals surface area contributed by atoms with Gasteiger partial charge in [-0.25, -0.2) is 9.59 Å². The van der Waals surface area contributed by atoms with Gasteiger partial charge in [-0.15, -0.1) is 0 Å². The number of carboxylic acids is 2. The van der Waals surface area contributed by atoms with Gasteiger partial charge in [0.15, 0.2) is 0 Å². The van der Waals surface area contributed by atoms with E-state index in [9.17, 15) is 25.1 Å². The predicted molar refractivity (Wildman–Crippen MR) is 98.2 cm³/mol. The summed E-state index contributed by atoms with van der Waals surface area (Å²) in [4.78, 5) is 25.8. The first kappa shape index (κ1) is 20.5. The summed E-state index contributed by atoms with van der Waals surface area (Å²) in [6.45, 7) is 3.84. The van der Waals surface area contributed by atoms with Crippen LogP contribution < -0.4 is 0 Å². The molecule has 0 bridgehead atoms. The molecular weight excluding hydrogens is 372 g/mol. The lowest BCUT2D eigenvalue weighted by Crippen LogP contribution is -2.36. The Morgan fingerprint density at radius 1 is 1.22 bits per heavy atom. The molecule has 1 heterocycles. The third-order valence-electron chi connectivity index (χ3n) is 4.61. The van der Waals surface area contributed by atoms with E-state index in [1.54, 1.807) is 30.9 Å². The van der Waals surface area contributed by atoms with Crippen LogP contribution in [0, 0.1) is 11.3 Å². The monoisotopic (exact) mass is 390 g/mol. The summed E-state index contributed by atoms with van der Waals surface area (Å²) in [5.41, 5.74) is 1.06. The van der Waals surface area contributed by atoms with Gasteiger partial charge in [0.05, 0.1) is 34.3 Å². The molecule has 7 nitrogen and oxygen atoms in total. The summed E-state index contributed by atoms with van der Waals surface area (Å²) in [5, 5.41) is 29.0. The maximum atomic E-state index is 12.1. The Bertz CT molecular complexity index is 860. The van der Waals surface area contributed by atoms with Gasteiger partial charge in [0.1, 0.15) is 6.07 Å². The number of benzene rings is 1. The fourth-order valence-electron chi connectivity index (χ4n) is 3.35. The zero-order valence-corrected chi connectivity index (χ0v) is 15.9. The SMILES string of the molecule is COCCN1C(C)=C(C(=O)O)C(c2cccc(C#N)c2Cl)C(C(=O)O)=C1C. The molecule has 0 aliphatic carbocycles. The zero-order valence-electron chi connectivity index (χ0n) is 15.1. The minimum Gasteiger partial charge on any atom is -0.478 e. The molecule has 0 aromatic heterocycles. The third kappa shape index (κ3) is 3.68. The van der Waals surface area contributed by atoms with Gasteiger partial charge < -0.3 is 19.8 Å². The summed E-state index contributed by atoms with van der Waals surface area (Å²) >= 11 is 6.31. The normalized spacial score (nSPS) is 15.1. The van der Waals surface area contributed by atoms with Crippen molar-refractivity contribution in [1.82, 2.24) is 4.90 Å². The second kappa shape index (κ2) is 8.25. The van der Waals surface area contributed by atoms with Crippen LogP contribution in [0.2, 0.25) is 5.02 Å². The highest BCUT2D eigenvalue weighted by Crippen LogP contribution is 2.44. The Morgan fingerprint density at radius 2 is 1.78 bits per heavy atom. The van der Waals surface area contributed by atoms with Gasteiger partial charge in [-0.3, -0.25) is 0 Å². The van der Waals surface area contributed by atoms with Crippen LogP contribution in [0.3, 0.4) is 0 Å². The number of ether oxygens (including phenoxy) is 1. The predicted octanol–water partition coefficient (Wildman–Crippen LogP) is 2.97. The van der Waals surface area contributed by atoms with Crippen LogP contribution in [-0.2, 0) is 14.3 Å². The molecule has 0 unspecified atom stereocenters. The molecule has 1 aromatic rings. The van der Waals surface area contributed by atoms with Crippen LogP contribution >= 0.6 is 11.6 Å². The Hall–Kier alpha value is -2.82. The molecule has 0 saturated heterocycles. The number of carbonyl (C=O) groups is 2. The Kier molecular flexibility index (Phi) is 6.26. The lowest BCUT2D eigenvalue weighted by Gasteiger charge is -2.37. The zero-order chi connectivity index (χ0) is 20.3. The molecule has 0 spiro atoms. The molecule has 0 saturated carbocycles. The lowest BCUT2D eigenvalue weighted by molar-refractivity contribution is -0.133. The summed E-state index contributed by atoms with van der Waals surface area (Å²) < 4.78 is 5.05. The molecule has 0 amide bonds. The summed E-state index contributed by atoms with van der Waals surface area (Å²) in [5.74, 6) is -3.59. The van der Waals surface area contributed by atoms with Gasteiger partial charge in [-0.2, -0.15) is 5.26 Å². The molecule has 1 aliphatic rings. The van der Waals surface area contributed by atoms with Crippen molar-refractivity contribution >= 4 is 23.5 Å². The largest absolute Gasteiger partial charge is 0.478 e. The molecule has 8 heteroatoms. The Balaban J connectivity index is 2.80. The quantitative estimate of drug-likeness (QED) is 0.768. The number of allylic oxidation sites excluding steroid dienone is 2. The molecule has 27 heavy (non-hydrogen) atoms. The van der Waals surface area contributed by atoms with Gasteiger partial charge >= 0.3 is 11.9 Å². The molecule has 0 radical (unpaired) electrons. The number of methoxy groups -OCH3 is 1. The minimum absolute atomic E-state index is 0.0495. The molecule has 1 aromatic carbocycles. The van der Waals surface area contributed by atoms with E-state index in [0.29, 0.717) is 24.5 Å². The van der Waals surface area contributed by atoms with Crippen molar-refractivity contribution in [2.75, 3.05) is 20.3 Å². The van der Waals surface area contributed by atoms with Gasteiger partial charge in [0.2, 0.25) is 0 Å². The first-order valence-corrected chi connectivity index (χ1v) is 8.47. The number of nitrogens with zero attached hydrogens (tertiary/aromatic N) is 2. The van der Waals surface area contributed by atoms with Crippen LogP contribution in [0.15, 0.2) is 40.7 Å². The van der Waals surface area contributed by atoms with Crippen LogP contribution in [0.25, 0.3) is 0 Å². The molecule has 0 atom stereocenters. The van der Waals surface area contributed by atoms with E-state index in [2.05, 4.69) is 0 Å². The van der Waals surface area contributed by atoms with E-state index in [-0.39, 0.29) is 27.3 Å². The Labute approximate surface area is 161 Å². The summed E-state index contributed by atoms with van der Waals surface area (Å²) in [6.07, 6.45) is 0. The van der Waals surface area contributed by atoms with Crippen LogP contribution in [0.1, 0.15) is 30.9 Å². The fourth-order valence-corrected chi connectivity index (χ4v) is 3.63. The highest BCUT2D eigenvalue weighted by Gasteiger charge is 2.40. The van der Waals surface area contributed by atoms with E-state index >= 15 is 0 Å². The maximum Gasteiger partial charge on any atom is 0.334 e. The minimum atomic E-state index is -1.25. The molecular formula is C19H19ClN2O5. The van der Waals surface area contributed by atoms with Gasteiger partial charge in [0.25, 0.3) is 0 Å². The van der Waals surface area contributed by atoms with Gasteiger partial charge in [-0.05, 0) is 25.5 Å². The average molecular weight is 391 g/mol. The van der Waals surface area contributed by atoms with Crippen LogP contribution in [0.5, 0.6) is 0 Å². The summed E-state index contributed by atoms with van der Waals surface area (Å²) in [7, 11) is 1.51. The number of hydrogen-bond donors (Lipinski definition) is 2. The van der Waals surface area contributed by atoms with Crippen molar-refractivity contribution in [3.63, 3.8) is 0 Å². The average Bonchev–Trinajstić information content (AvgIpc) is 2.60. The number of halogens is 1. The van der Waals surface area contributed by atoms with E-state index in [1.165, 1.54) is 13.2 Å². The fraction of sp³-hybridized carbons (Fsp3) is 0.316. The number of nitriles is 1. The number of carboxylic acid groups (broad SMARTS) is 2. The van der Waals surface area contributed by atoms with E-state index in [1.807, 2.05) is 6.07 Å². The second-order valence-corrected chi connectivity index (χ2v) is 6.38. The van der Waals surface area contributed by atoms with Crippen LogP contribution in [-0.4, -0.2) is 47.3 Å². The van der Waals surface area contributed by atoms with Crippen molar-refractivity contribution in [1.29, 1.82) is 5.26 Å². The van der Waals surface area contributed by atoms with E-state index in [4.69, 9.17) is 16.3 Å². The van der Waals surface area contributed by atoms with Crippen molar-refractivity contribution in [3.05, 3.63) is 56.9 Å². The van der Waals surface area contributed by atoms with Gasteiger partial charge in [-0.1, -0.05) is 23.7 Å². The maximum absolute atomic E-state index is 12.1. The molecule has 142 valence electrons. The van der Waals surface area contributed by atoms with E-state index < -0.39 is 17.9 Å². The highest BCUT2D eigenvalue weighted by molar-refractivity contribution is 6.32. The summed E-state index contributed by atoms with van der Waals surface area (Å²) in [6, 6.07) is 6.53. The second-order valence-electron chi connectivity index (χ2n) is 6.01. The standard InChI is InChI=1S/C19H19ClN2O5/c1-10-14(18(23)24)16(13-6-4-5-12(9-21)17(13)20)15(19(25)26)11(2)22(10)7-8-27-3/h4-6,16H,7-8H2,1-3H3,(H,23,24)(H,25,26). The first-order valence-electron chi connectivity index (χ1n) is 8.09. The third-order valence-corrected chi connectivity index (χ3v) is 5.03. The number of aliphatic carboxylic acids is 2. The molecule has 2 N–H and O–H groups in total. The Morgan fingerprint density at radius 3 is 2.22 bits per heavy atom. The van der Waals surface area contributed by atoms with Crippen molar-refractivity contribution < 1.29 is 24.5 Å². The van der Waals surface area contributed by atoms with Crippen molar-refractivity contribution in [2.45, 2.75) is 19.8 Å². The number of hydrogen-bond acceptors (Lipinski definition) is 5. The van der Waals surface area contributed by atoms with Crippen molar-refractivity contribution in [3.8, 4) is 6.07 Å². The molecule has 0 fully saturated rings. The van der Waals surface area contributed by atoms with Gasteiger partial charge in [0, 0.05) is 25.0 Å². The molecule has 1 aliphatic heterocycles. The highest BCUT2D eigenvalue weighted by atomic mass is 35.5. The number of rotatable bonds is 6. The van der Waals surface area contributed by atoms with Crippen LogP contribution in [0.4, 0.5) is 0 Å². The first-order chi connectivity index (χ1) is 12.8. The lowest BCUT2D eigenvalue weighted by atomic mass is 9.79.